The van der Waals surface area contributed by atoms with Gasteiger partial charge in [-0.3, -0.25) is 4.79 Å². The van der Waals surface area contributed by atoms with Crippen LogP contribution in [-0.4, -0.2) is 48.9 Å². The Kier molecular flexibility index (Phi) is 2.73. The van der Waals surface area contributed by atoms with E-state index in [2.05, 4.69) is 4.99 Å². The molecule has 2 rings (SSSR count). The monoisotopic (exact) mass is 223 g/mol. The van der Waals surface area contributed by atoms with Crippen molar-refractivity contribution in [2.45, 2.75) is 0 Å². The van der Waals surface area contributed by atoms with Crippen molar-refractivity contribution < 1.29 is 4.79 Å². The minimum Gasteiger partial charge on any atom is -0.344 e. The summed E-state index contributed by atoms with van der Waals surface area (Å²) in [6.07, 6.45) is 0. The van der Waals surface area contributed by atoms with E-state index in [4.69, 9.17) is 0 Å². The molecular weight excluding hydrogens is 210 g/mol. The highest BCUT2D eigenvalue weighted by atomic mass is 32.1. The Hall–Kier alpha value is -1.36. The van der Waals surface area contributed by atoms with Gasteiger partial charge in [-0.15, -0.1) is 11.3 Å². The number of rotatable bonds is 1. The molecule has 0 N–H and O–H groups in total. The highest BCUT2D eigenvalue weighted by molar-refractivity contribution is 7.12. The van der Waals surface area contributed by atoms with Gasteiger partial charge < -0.3 is 9.80 Å². The van der Waals surface area contributed by atoms with E-state index in [0.29, 0.717) is 4.88 Å². The fraction of sp³-hybridized carbons (Fsp3) is 0.400. The summed E-state index contributed by atoms with van der Waals surface area (Å²) in [6, 6.07) is 3.66. The molecule has 0 saturated carbocycles. The minimum absolute atomic E-state index is 0.152. The highest BCUT2D eigenvalue weighted by Gasteiger charge is 2.21. The van der Waals surface area contributed by atoms with Crippen molar-refractivity contribution >= 4 is 23.2 Å². The number of carbonyl (C=O) groups is 1. The Morgan fingerprint density at radius 1 is 1.40 bits per heavy atom. The first-order chi connectivity index (χ1) is 7.18. The van der Waals surface area contributed by atoms with Crippen LogP contribution >= 0.6 is 11.3 Å². The average Bonchev–Trinajstić information content (AvgIpc) is 2.82. The number of thiophene rings is 1. The number of likely N-dealkylation sites (N-methyl/N-ethyl adjacent to an activating group) is 2. The summed E-state index contributed by atoms with van der Waals surface area (Å²) in [4.78, 5) is 20.5. The summed E-state index contributed by atoms with van der Waals surface area (Å²) in [5.41, 5.74) is 0. The molecule has 0 spiro atoms. The lowest BCUT2D eigenvalue weighted by Crippen LogP contribution is -2.29. The fourth-order valence-corrected chi connectivity index (χ4v) is 2.12. The summed E-state index contributed by atoms with van der Waals surface area (Å²) in [6.45, 7) is 1.85. The van der Waals surface area contributed by atoms with E-state index in [1.54, 1.807) is 6.07 Å². The van der Waals surface area contributed by atoms with E-state index < -0.39 is 0 Å². The van der Waals surface area contributed by atoms with Crippen LogP contribution in [0.15, 0.2) is 22.5 Å². The third kappa shape index (κ3) is 2.02. The summed E-state index contributed by atoms with van der Waals surface area (Å²) >= 11 is 1.42. The molecule has 5 heteroatoms. The molecule has 1 aromatic heterocycles. The zero-order valence-electron chi connectivity index (χ0n) is 8.80. The SMILES string of the molecule is CN1CCN(C)C1=NC(=O)c1cccs1. The predicted molar refractivity (Wildman–Crippen MR) is 61.3 cm³/mol. The second-order valence-electron chi connectivity index (χ2n) is 3.54. The molecule has 1 aromatic rings. The zero-order valence-corrected chi connectivity index (χ0v) is 9.62. The van der Waals surface area contributed by atoms with Gasteiger partial charge in [-0.1, -0.05) is 6.07 Å². The number of aliphatic imine (C=N–C) groups is 1. The van der Waals surface area contributed by atoms with Gasteiger partial charge in [-0.2, -0.15) is 4.99 Å². The molecule has 0 aromatic carbocycles. The molecule has 0 atom stereocenters. The maximum absolute atomic E-state index is 11.7. The van der Waals surface area contributed by atoms with Crippen LogP contribution < -0.4 is 0 Å². The van der Waals surface area contributed by atoms with E-state index in [0.717, 1.165) is 19.0 Å². The Morgan fingerprint density at radius 3 is 2.60 bits per heavy atom. The van der Waals surface area contributed by atoms with E-state index in [-0.39, 0.29) is 5.91 Å². The smallest absolute Gasteiger partial charge is 0.290 e. The molecule has 1 amide bonds. The van der Waals surface area contributed by atoms with Crippen LogP contribution in [0.2, 0.25) is 0 Å². The van der Waals surface area contributed by atoms with Crippen LogP contribution in [-0.2, 0) is 0 Å². The van der Waals surface area contributed by atoms with Gasteiger partial charge in [0, 0.05) is 27.2 Å². The highest BCUT2D eigenvalue weighted by Crippen LogP contribution is 2.12. The normalized spacial score (nSPS) is 16.0. The largest absolute Gasteiger partial charge is 0.344 e. The van der Waals surface area contributed by atoms with Gasteiger partial charge in [-0.25, -0.2) is 0 Å². The number of carbonyl (C=O) groups excluding carboxylic acids is 1. The number of hydrogen-bond donors (Lipinski definition) is 0. The van der Waals surface area contributed by atoms with Crippen molar-refractivity contribution in [3.8, 4) is 0 Å². The molecule has 0 bridgehead atoms. The van der Waals surface area contributed by atoms with E-state index in [1.165, 1.54) is 11.3 Å². The molecule has 4 nitrogen and oxygen atoms in total. The molecule has 0 unspecified atom stereocenters. The Bertz CT molecular complexity index is 373. The third-order valence-electron chi connectivity index (χ3n) is 2.39. The van der Waals surface area contributed by atoms with Gasteiger partial charge in [-0.05, 0) is 11.4 Å². The van der Waals surface area contributed by atoms with Crippen molar-refractivity contribution in [3.05, 3.63) is 22.4 Å². The van der Waals surface area contributed by atoms with E-state index in [9.17, 15) is 4.79 Å². The average molecular weight is 223 g/mol. The van der Waals surface area contributed by atoms with Crippen molar-refractivity contribution in [1.82, 2.24) is 9.80 Å². The van der Waals surface area contributed by atoms with E-state index >= 15 is 0 Å². The summed E-state index contributed by atoms with van der Waals surface area (Å²) in [7, 11) is 3.90. The zero-order chi connectivity index (χ0) is 10.8. The standard InChI is InChI=1S/C10H13N3OS/c1-12-5-6-13(2)10(12)11-9(14)8-4-3-7-15-8/h3-4,7H,5-6H2,1-2H3. The Labute approximate surface area is 92.8 Å². The topological polar surface area (TPSA) is 35.9 Å². The van der Waals surface area contributed by atoms with Crippen molar-refractivity contribution in [2.75, 3.05) is 27.2 Å². The van der Waals surface area contributed by atoms with Gasteiger partial charge in [0.15, 0.2) is 0 Å². The molecule has 1 saturated heterocycles. The molecule has 2 heterocycles. The van der Waals surface area contributed by atoms with Gasteiger partial charge in [0.1, 0.15) is 0 Å². The first kappa shape index (κ1) is 10.2. The van der Waals surface area contributed by atoms with Crippen LogP contribution in [0.4, 0.5) is 0 Å². The van der Waals surface area contributed by atoms with Gasteiger partial charge in [0.25, 0.3) is 5.91 Å². The lowest BCUT2D eigenvalue weighted by molar-refractivity contribution is 0.100. The van der Waals surface area contributed by atoms with Crippen molar-refractivity contribution in [2.24, 2.45) is 4.99 Å². The molecule has 80 valence electrons. The Morgan fingerprint density at radius 2 is 2.07 bits per heavy atom. The summed E-state index contributed by atoms with van der Waals surface area (Å²) in [5.74, 6) is 0.606. The predicted octanol–water partition coefficient (Wildman–Crippen LogP) is 1.12. The van der Waals surface area contributed by atoms with Gasteiger partial charge >= 0.3 is 0 Å². The maximum atomic E-state index is 11.7. The molecule has 0 aliphatic carbocycles. The summed E-state index contributed by atoms with van der Waals surface area (Å²) in [5, 5.41) is 1.88. The molecular formula is C10H13N3OS. The molecule has 1 aliphatic rings. The first-order valence-corrected chi connectivity index (χ1v) is 5.65. The first-order valence-electron chi connectivity index (χ1n) is 4.77. The second kappa shape index (κ2) is 4.02. The van der Waals surface area contributed by atoms with Crippen molar-refractivity contribution in [1.29, 1.82) is 0 Å². The maximum Gasteiger partial charge on any atom is 0.290 e. The molecule has 15 heavy (non-hydrogen) atoms. The number of guanidine groups is 1. The third-order valence-corrected chi connectivity index (χ3v) is 3.25. The molecule has 1 aliphatic heterocycles. The second-order valence-corrected chi connectivity index (χ2v) is 4.49. The summed E-state index contributed by atoms with van der Waals surface area (Å²) < 4.78 is 0. The van der Waals surface area contributed by atoms with Crippen LogP contribution in [0.1, 0.15) is 9.67 Å². The lowest BCUT2D eigenvalue weighted by atomic mass is 10.4. The quantitative estimate of drug-likeness (QED) is 0.716. The van der Waals surface area contributed by atoms with Crippen molar-refractivity contribution in [3.63, 3.8) is 0 Å². The minimum atomic E-state index is -0.152. The van der Waals surface area contributed by atoms with Crippen LogP contribution in [0, 0.1) is 0 Å². The van der Waals surface area contributed by atoms with Crippen LogP contribution in [0.5, 0.6) is 0 Å². The van der Waals surface area contributed by atoms with Gasteiger partial charge in [0.2, 0.25) is 5.96 Å². The molecule has 0 radical (unpaired) electrons. The van der Waals surface area contributed by atoms with Gasteiger partial charge in [0.05, 0.1) is 4.88 Å². The lowest BCUT2D eigenvalue weighted by Gasteiger charge is -2.14. The number of nitrogens with zero attached hydrogens (tertiary/aromatic N) is 3. The number of hydrogen-bond acceptors (Lipinski definition) is 2. The fourth-order valence-electron chi connectivity index (χ4n) is 1.51. The van der Waals surface area contributed by atoms with Crippen LogP contribution in [0.25, 0.3) is 0 Å². The Balaban J connectivity index is 2.19. The van der Waals surface area contributed by atoms with E-state index in [1.807, 2.05) is 35.3 Å². The van der Waals surface area contributed by atoms with Crippen LogP contribution in [0.3, 0.4) is 0 Å². The number of amides is 1. The molecule has 1 fully saturated rings.